The van der Waals surface area contributed by atoms with Crippen molar-refractivity contribution in [3.8, 4) is 0 Å². The summed E-state index contributed by atoms with van der Waals surface area (Å²) in [4.78, 5) is 0. The third-order valence-corrected chi connectivity index (χ3v) is 3.20. The van der Waals surface area contributed by atoms with Gasteiger partial charge in [0.2, 0.25) is 0 Å². The van der Waals surface area contributed by atoms with Crippen molar-refractivity contribution < 1.29 is 4.74 Å². The highest BCUT2D eigenvalue weighted by Gasteiger charge is 2.23. The number of alkyl halides is 1. The summed E-state index contributed by atoms with van der Waals surface area (Å²) in [5.74, 6) is 0. The molecule has 2 atom stereocenters. The maximum absolute atomic E-state index is 5.96. The van der Waals surface area contributed by atoms with E-state index < -0.39 is 0 Å². The normalized spacial score (nSPS) is 27.9. The molecule has 0 spiro atoms. The first-order valence-electron chi connectivity index (χ1n) is 4.68. The van der Waals surface area contributed by atoms with Gasteiger partial charge in [-0.25, -0.2) is 4.68 Å². The molecule has 0 amide bonds. The molecule has 2 unspecified atom stereocenters. The summed E-state index contributed by atoms with van der Waals surface area (Å²) in [5.41, 5.74) is 0.972. The van der Waals surface area contributed by atoms with Crippen LogP contribution in [-0.2, 0) is 4.74 Å². The number of hydrogen-bond donors (Lipinski definition) is 0. The summed E-state index contributed by atoms with van der Waals surface area (Å²) in [6.07, 6.45) is 3.07. The zero-order chi connectivity index (χ0) is 10.1. The van der Waals surface area contributed by atoms with Crippen molar-refractivity contribution in [3.63, 3.8) is 0 Å². The van der Waals surface area contributed by atoms with Gasteiger partial charge in [-0.2, -0.15) is 5.10 Å². The lowest BCUT2D eigenvalue weighted by Crippen LogP contribution is -2.24. The van der Waals surface area contributed by atoms with Crippen LogP contribution in [0.1, 0.15) is 31.2 Å². The Hall–Kier alpha value is 0.190. The monoisotopic (exact) mass is 326 g/mol. The molecule has 0 saturated carbocycles. The van der Waals surface area contributed by atoms with Crippen molar-refractivity contribution in [3.05, 3.63) is 15.5 Å². The van der Waals surface area contributed by atoms with Gasteiger partial charge in [0, 0.05) is 5.69 Å². The first-order valence-corrected chi connectivity index (χ1v) is 6.19. The van der Waals surface area contributed by atoms with Crippen LogP contribution in [0.25, 0.3) is 0 Å². The van der Waals surface area contributed by atoms with Gasteiger partial charge in [-0.05, 0) is 54.8 Å². The molecule has 2 rings (SSSR count). The Morgan fingerprint density at radius 1 is 1.64 bits per heavy atom. The van der Waals surface area contributed by atoms with Crippen LogP contribution in [0.4, 0.5) is 0 Å². The average molecular weight is 327 g/mol. The largest absolute Gasteiger partial charge is 0.338 e. The Bertz CT molecular complexity index is 329. The highest BCUT2D eigenvalue weighted by Crippen LogP contribution is 2.29. The Morgan fingerprint density at radius 2 is 2.43 bits per heavy atom. The predicted molar refractivity (Wildman–Crippen MR) is 63.3 cm³/mol. The third-order valence-electron chi connectivity index (χ3n) is 2.35. The summed E-state index contributed by atoms with van der Waals surface area (Å²) in [7, 11) is 0. The molecule has 1 aliphatic rings. The number of halogens is 2. The average Bonchev–Trinajstić information content (AvgIpc) is 2.45. The molecule has 0 aromatic carbocycles. The molecule has 1 aliphatic heterocycles. The fourth-order valence-electron chi connectivity index (χ4n) is 1.68. The molecule has 14 heavy (non-hydrogen) atoms. The molecule has 0 aliphatic carbocycles. The quantitative estimate of drug-likeness (QED) is 0.586. The van der Waals surface area contributed by atoms with E-state index in [1.54, 1.807) is 0 Å². The molecule has 0 bridgehead atoms. The summed E-state index contributed by atoms with van der Waals surface area (Å²) in [6.45, 7) is 2.04. The van der Waals surface area contributed by atoms with E-state index in [2.05, 4.69) is 27.7 Å². The molecule has 1 aromatic rings. The molecule has 2 heterocycles. The number of ether oxygens (including phenoxy) is 1. The van der Waals surface area contributed by atoms with Crippen LogP contribution in [0.2, 0.25) is 0 Å². The topological polar surface area (TPSA) is 27.1 Å². The van der Waals surface area contributed by atoms with Crippen LogP contribution in [0, 0.1) is 10.6 Å². The van der Waals surface area contributed by atoms with E-state index in [-0.39, 0.29) is 11.8 Å². The standard InChI is InChI=1S/C9H12ClIN2O/c1-6-5-8(11)12-13(6)9-4-2-3-7(10)14-9/h5,7,9H,2-4H2,1H3. The molecule has 0 N–H and O–H groups in total. The highest BCUT2D eigenvalue weighted by molar-refractivity contribution is 14.1. The van der Waals surface area contributed by atoms with Crippen molar-refractivity contribution in [1.29, 1.82) is 0 Å². The van der Waals surface area contributed by atoms with E-state index >= 15 is 0 Å². The van der Waals surface area contributed by atoms with Gasteiger partial charge in [0.05, 0.1) is 0 Å². The molecule has 1 fully saturated rings. The van der Waals surface area contributed by atoms with Crippen molar-refractivity contribution in [2.75, 3.05) is 0 Å². The lowest BCUT2D eigenvalue weighted by atomic mass is 10.2. The third kappa shape index (κ3) is 2.23. The zero-order valence-corrected chi connectivity index (χ0v) is 10.8. The molecule has 0 radical (unpaired) electrons. The van der Waals surface area contributed by atoms with E-state index in [1.165, 1.54) is 0 Å². The Labute approximate surface area is 102 Å². The van der Waals surface area contributed by atoms with E-state index in [4.69, 9.17) is 16.3 Å². The predicted octanol–water partition coefficient (Wildman–Crippen LogP) is 3.06. The maximum Gasteiger partial charge on any atom is 0.152 e. The summed E-state index contributed by atoms with van der Waals surface area (Å²) < 4.78 is 8.56. The number of rotatable bonds is 1. The first kappa shape index (κ1) is 10.7. The Morgan fingerprint density at radius 3 is 3.00 bits per heavy atom. The molecular weight excluding hydrogens is 314 g/mol. The number of nitrogens with zero attached hydrogens (tertiary/aromatic N) is 2. The van der Waals surface area contributed by atoms with Crippen molar-refractivity contribution in [2.24, 2.45) is 0 Å². The van der Waals surface area contributed by atoms with Gasteiger partial charge in [-0.1, -0.05) is 11.6 Å². The fraction of sp³-hybridized carbons (Fsp3) is 0.667. The first-order chi connectivity index (χ1) is 6.66. The summed E-state index contributed by atoms with van der Waals surface area (Å²) >= 11 is 8.16. The van der Waals surface area contributed by atoms with Gasteiger partial charge in [0.25, 0.3) is 0 Å². The van der Waals surface area contributed by atoms with Crippen molar-refractivity contribution in [1.82, 2.24) is 9.78 Å². The highest BCUT2D eigenvalue weighted by atomic mass is 127. The Balaban J connectivity index is 2.17. The molecule has 78 valence electrons. The van der Waals surface area contributed by atoms with E-state index in [0.29, 0.717) is 0 Å². The molecular formula is C9H12ClIN2O. The van der Waals surface area contributed by atoms with Gasteiger partial charge in [-0.15, -0.1) is 0 Å². The minimum absolute atomic E-state index is 0.0229. The minimum Gasteiger partial charge on any atom is -0.338 e. The van der Waals surface area contributed by atoms with Crippen LogP contribution < -0.4 is 0 Å². The smallest absolute Gasteiger partial charge is 0.152 e. The molecule has 1 saturated heterocycles. The van der Waals surface area contributed by atoms with Crippen LogP contribution in [0.3, 0.4) is 0 Å². The fourth-order valence-corrected chi connectivity index (χ4v) is 2.64. The van der Waals surface area contributed by atoms with E-state index in [1.807, 2.05) is 17.7 Å². The SMILES string of the molecule is Cc1cc(I)nn1C1CCCC(Cl)O1. The second-order valence-electron chi connectivity index (χ2n) is 3.48. The lowest BCUT2D eigenvalue weighted by Gasteiger charge is -2.27. The number of aromatic nitrogens is 2. The maximum atomic E-state index is 5.96. The van der Waals surface area contributed by atoms with Crippen LogP contribution in [0.5, 0.6) is 0 Å². The van der Waals surface area contributed by atoms with Gasteiger partial charge in [-0.3, -0.25) is 0 Å². The number of hydrogen-bond acceptors (Lipinski definition) is 2. The molecule has 5 heteroatoms. The van der Waals surface area contributed by atoms with Gasteiger partial charge >= 0.3 is 0 Å². The number of aryl methyl sites for hydroxylation is 1. The van der Waals surface area contributed by atoms with Crippen molar-refractivity contribution >= 4 is 34.2 Å². The summed E-state index contributed by atoms with van der Waals surface area (Å²) in [5, 5.41) is 4.39. The van der Waals surface area contributed by atoms with Gasteiger partial charge < -0.3 is 4.74 Å². The zero-order valence-electron chi connectivity index (χ0n) is 7.91. The van der Waals surface area contributed by atoms with Gasteiger partial charge in [0.15, 0.2) is 6.23 Å². The Kier molecular flexibility index (Phi) is 3.34. The second kappa shape index (κ2) is 4.37. The van der Waals surface area contributed by atoms with E-state index in [9.17, 15) is 0 Å². The van der Waals surface area contributed by atoms with E-state index in [0.717, 1.165) is 28.7 Å². The van der Waals surface area contributed by atoms with Crippen molar-refractivity contribution in [2.45, 2.75) is 38.0 Å². The second-order valence-corrected chi connectivity index (χ2v) is 5.08. The molecule has 1 aromatic heterocycles. The summed E-state index contributed by atoms with van der Waals surface area (Å²) in [6, 6.07) is 2.04. The van der Waals surface area contributed by atoms with Crippen LogP contribution in [-0.4, -0.2) is 15.3 Å². The van der Waals surface area contributed by atoms with Crippen LogP contribution >= 0.6 is 34.2 Å². The van der Waals surface area contributed by atoms with Crippen LogP contribution in [0.15, 0.2) is 6.07 Å². The minimum atomic E-state index is -0.157. The lowest BCUT2D eigenvalue weighted by molar-refractivity contribution is -0.0609. The molecule has 3 nitrogen and oxygen atoms in total. The van der Waals surface area contributed by atoms with Gasteiger partial charge in [0.1, 0.15) is 9.26 Å².